The Hall–Kier alpha value is -1.73. The molecule has 0 radical (unpaired) electrons. The molecule has 30 heavy (non-hydrogen) atoms. The predicted molar refractivity (Wildman–Crippen MR) is 119 cm³/mol. The van der Waals surface area contributed by atoms with Gasteiger partial charge in [0.1, 0.15) is 0 Å². The van der Waals surface area contributed by atoms with Gasteiger partial charge in [0.2, 0.25) is 0 Å². The second kappa shape index (κ2) is 10.1. The molecule has 1 aliphatic rings. The number of carbonyl (C=O) groups excluding carboxylic acids is 1. The largest absolute Gasteiger partial charge is 0.453 e. The van der Waals surface area contributed by atoms with Crippen molar-refractivity contribution in [3.05, 3.63) is 62.3 Å². The first-order valence-electron chi connectivity index (χ1n) is 9.48. The molecule has 3 rings (SSSR count). The van der Waals surface area contributed by atoms with E-state index in [-0.39, 0.29) is 12.4 Å². The number of halogens is 4. The van der Waals surface area contributed by atoms with Gasteiger partial charge in [-0.1, -0.05) is 46.9 Å². The summed E-state index contributed by atoms with van der Waals surface area (Å²) in [7, 11) is 2.87. The van der Waals surface area contributed by atoms with E-state index in [0.29, 0.717) is 46.0 Å². The Morgan fingerprint density at radius 1 is 1.10 bits per heavy atom. The van der Waals surface area contributed by atoms with E-state index in [0.717, 1.165) is 18.7 Å². The van der Waals surface area contributed by atoms with Crippen molar-refractivity contribution < 1.29 is 13.9 Å². The normalized spacial score (nSPS) is 14.7. The van der Waals surface area contributed by atoms with E-state index in [9.17, 15) is 4.79 Å². The SMILES string of the molecule is COC(=O)N(C)Cc1cccc(N2CCN(Cc3c(Cl)ccc(Cl)c3Cl)CC2)c1F. The summed E-state index contributed by atoms with van der Waals surface area (Å²) in [6.45, 7) is 3.48. The third kappa shape index (κ3) is 5.11. The van der Waals surface area contributed by atoms with Crippen molar-refractivity contribution in [2.24, 2.45) is 0 Å². The fraction of sp³-hybridized carbons (Fsp3) is 0.381. The zero-order valence-corrected chi connectivity index (χ0v) is 19.1. The van der Waals surface area contributed by atoms with Gasteiger partial charge in [0.05, 0.1) is 29.4 Å². The zero-order valence-electron chi connectivity index (χ0n) is 16.8. The lowest BCUT2D eigenvalue weighted by Gasteiger charge is -2.36. The summed E-state index contributed by atoms with van der Waals surface area (Å²) >= 11 is 18.7. The highest BCUT2D eigenvalue weighted by molar-refractivity contribution is 6.44. The topological polar surface area (TPSA) is 36.0 Å². The van der Waals surface area contributed by atoms with Crippen LogP contribution in [-0.2, 0) is 17.8 Å². The standard InChI is InChI=1S/C21H23Cl3FN3O2/c1-26(21(29)30-2)12-14-4-3-5-18(20(14)25)28-10-8-27(9-11-28)13-15-16(22)6-7-17(23)19(15)24/h3-7H,8-13H2,1-2H3. The summed E-state index contributed by atoms with van der Waals surface area (Å²) in [6.07, 6.45) is -0.508. The molecule has 0 aromatic heterocycles. The second-order valence-corrected chi connectivity index (χ2v) is 8.35. The molecular formula is C21H23Cl3FN3O2. The minimum Gasteiger partial charge on any atom is -0.453 e. The Bertz CT molecular complexity index is 921. The molecule has 1 heterocycles. The number of rotatable bonds is 5. The van der Waals surface area contributed by atoms with Crippen molar-refractivity contribution in [2.45, 2.75) is 13.1 Å². The lowest BCUT2D eigenvalue weighted by atomic mass is 10.1. The van der Waals surface area contributed by atoms with Crippen LogP contribution in [0.5, 0.6) is 0 Å². The monoisotopic (exact) mass is 473 g/mol. The van der Waals surface area contributed by atoms with Crippen LogP contribution in [0.3, 0.4) is 0 Å². The molecule has 0 bridgehead atoms. The summed E-state index contributed by atoms with van der Waals surface area (Å²) in [5.41, 5.74) is 1.78. The first-order valence-corrected chi connectivity index (χ1v) is 10.6. The van der Waals surface area contributed by atoms with E-state index in [4.69, 9.17) is 34.8 Å². The average molecular weight is 475 g/mol. The molecule has 0 saturated carbocycles. The number of piperazine rings is 1. The number of nitrogens with zero attached hydrogens (tertiary/aromatic N) is 3. The maximum Gasteiger partial charge on any atom is 0.409 e. The summed E-state index contributed by atoms with van der Waals surface area (Å²) in [5, 5.41) is 1.53. The highest BCUT2D eigenvalue weighted by Crippen LogP contribution is 2.33. The molecule has 5 nitrogen and oxygen atoms in total. The van der Waals surface area contributed by atoms with Gasteiger partial charge in [-0.3, -0.25) is 4.90 Å². The number of anilines is 1. The Morgan fingerprint density at radius 3 is 2.43 bits per heavy atom. The number of hydrogen-bond acceptors (Lipinski definition) is 4. The molecule has 162 valence electrons. The predicted octanol–water partition coefficient (Wildman–Crippen LogP) is 5.31. The molecule has 1 fully saturated rings. The third-order valence-electron chi connectivity index (χ3n) is 5.19. The number of methoxy groups -OCH3 is 1. The van der Waals surface area contributed by atoms with E-state index in [2.05, 4.69) is 9.64 Å². The van der Waals surface area contributed by atoms with E-state index < -0.39 is 6.09 Å². The number of amides is 1. The van der Waals surface area contributed by atoms with Gasteiger partial charge in [-0.25, -0.2) is 9.18 Å². The molecule has 1 amide bonds. The third-order valence-corrected chi connectivity index (χ3v) is 6.38. The van der Waals surface area contributed by atoms with Crippen molar-refractivity contribution in [3.8, 4) is 0 Å². The Labute approximate surface area is 190 Å². The van der Waals surface area contributed by atoms with E-state index >= 15 is 4.39 Å². The first-order chi connectivity index (χ1) is 14.3. The molecule has 1 aliphatic heterocycles. The summed E-state index contributed by atoms with van der Waals surface area (Å²) in [4.78, 5) is 17.2. The first kappa shape index (κ1) is 22.9. The van der Waals surface area contributed by atoms with Gasteiger partial charge in [0.25, 0.3) is 0 Å². The van der Waals surface area contributed by atoms with Crippen LogP contribution in [0.1, 0.15) is 11.1 Å². The number of hydrogen-bond donors (Lipinski definition) is 0. The Balaban J connectivity index is 1.66. The molecule has 0 atom stereocenters. The number of carbonyl (C=O) groups is 1. The lowest BCUT2D eigenvalue weighted by Crippen LogP contribution is -2.46. The van der Waals surface area contributed by atoms with Crippen LogP contribution in [0.2, 0.25) is 15.1 Å². The van der Waals surface area contributed by atoms with Crippen molar-refractivity contribution in [2.75, 3.05) is 45.2 Å². The zero-order chi connectivity index (χ0) is 21.8. The van der Waals surface area contributed by atoms with Crippen molar-refractivity contribution in [1.29, 1.82) is 0 Å². The van der Waals surface area contributed by atoms with Gasteiger partial charge in [0.15, 0.2) is 5.82 Å². The van der Waals surface area contributed by atoms with Crippen molar-refractivity contribution >= 4 is 46.6 Å². The highest BCUT2D eigenvalue weighted by atomic mass is 35.5. The second-order valence-electron chi connectivity index (χ2n) is 7.16. The van der Waals surface area contributed by atoms with Crippen LogP contribution in [0.4, 0.5) is 14.9 Å². The molecule has 2 aromatic rings. The van der Waals surface area contributed by atoms with Gasteiger partial charge in [-0.05, 0) is 18.2 Å². The quantitative estimate of drug-likeness (QED) is 0.551. The molecule has 9 heteroatoms. The maximum atomic E-state index is 15.1. The van der Waals surface area contributed by atoms with Crippen LogP contribution in [0.25, 0.3) is 0 Å². The highest BCUT2D eigenvalue weighted by Gasteiger charge is 2.23. The lowest BCUT2D eigenvalue weighted by molar-refractivity contribution is 0.131. The summed E-state index contributed by atoms with van der Waals surface area (Å²) < 4.78 is 19.8. The van der Waals surface area contributed by atoms with Gasteiger partial charge >= 0.3 is 6.09 Å². The summed E-state index contributed by atoms with van der Waals surface area (Å²) in [5.74, 6) is -0.317. The van der Waals surface area contributed by atoms with Crippen molar-refractivity contribution in [3.63, 3.8) is 0 Å². The van der Waals surface area contributed by atoms with Gasteiger partial charge in [-0.2, -0.15) is 0 Å². The molecule has 0 aliphatic carbocycles. The minimum atomic E-state index is -0.508. The van der Waals surface area contributed by atoms with E-state index in [1.165, 1.54) is 12.0 Å². The fourth-order valence-electron chi connectivity index (χ4n) is 3.49. The van der Waals surface area contributed by atoms with Crippen LogP contribution in [0.15, 0.2) is 30.3 Å². The maximum absolute atomic E-state index is 15.1. The number of ether oxygens (including phenoxy) is 1. The van der Waals surface area contributed by atoms with Crippen LogP contribution >= 0.6 is 34.8 Å². The molecule has 2 aromatic carbocycles. The van der Waals surface area contributed by atoms with Crippen molar-refractivity contribution in [1.82, 2.24) is 9.80 Å². The number of benzene rings is 2. The van der Waals surface area contributed by atoms with Crippen LogP contribution in [-0.4, -0.2) is 56.2 Å². The average Bonchev–Trinajstić information content (AvgIpc) is 2.75. The van der Waals surface area contributed by atoms with E-state index in [1.807, 2.05) is 4.90 Å². The molecule has 1 saturated heterocycles. The summed E-state index contributed by atoms with van der Waals surface area (Å²) in [6, 6.07) is 8.67. The minimum absolute atomic E-state index is 0.137. The smallest absolute Gasteiger partial charge is 0.409 e. The van der Waals surface area contributed by atoms with Gasteiger partial charge < -0.3 is 14.5 Å². The molecule has 0 N–H and O–H groups in total. The Kier molecular flexibility index (Phi) is 7.69. The molecule has 0 unspecified atom stereocenters. The molecule has 0 spiro atoms. The van der Waals surface area contributed by atoms with Gasteiger partial charge in [-0.15, -0.1) is 0 Å². The fourth-order valence-corrected chi connectivity index (χ4v) is 4.16. The molecular weight excluding hydrogens is 452 g/mol. The van der Waals surface area contributed by atoms with Crippen LogP contribution < -0.4 is 4.90 Å². The van der Waals surface area contributed by atoms with Crippen LogP contribution in [0, 0.1) is 5.82 Å². The van der Waals surface area contributed by atoms with Gasteiger partial charge in [0, 0.05) is 55.9 Å². The van der Waals surface area contributed by atoms with E-state index in [1.54, 1.807) is 37.4 Å². The Morgan fingerprint density at radius 2 is 1.77 bits per heavy atom.